The summed E-state index contributed by atoms with van der Waals surface area (Å²) in [5.74, 6) is 0.801. The first-order valence-corrected chi connectivity index (χ1v) is 5.53. The van der Waals surface area contributed by atoms with Gasteiger partial charge in [0.15, 0.2) is 0 Å². The Bertz CT molecular complexity index is 309. The fourth-order valence-electron chi connectivity index (χ4n) is 1.85. The molecule has 2 nitrogen and oxygen atoms in total. The molecule has 1 aromatic rings. The second-order valence-electron chi connectivity index (χ2n) is 3.87. The van der Waals surface area contributed by atoms with E-state index in [9.17, 15) is 5.11 Å². The Morgan fingerprint density at radius 1 is 1.33 bits per heavy atom. The van der Waals surface area contributed by atoms with E-state index in [1.54, 1.807) is 7.11 Å². The summed E-state index contributed by atoms with van der Waals surface area (Å²) in [5.41, 5.74) is 0.245. The van der Waals surface area contributed by atoms with Crippen LogP contribution in [0.4, 0.5) is 0 Å². The topological polar surface area (TPSA) is 29.5 Å². The Kier molecular flexibility index (Phi) is 4.15. The van der Waals surface area contributed by atoms with E-state index in [0.717, 1.165) is 30.6 Å². The maximum Gasteiger partial charge on any atom is 0.119 e. The quantitative estimate of drug-likeness (QED) is 0.805. The van der Waals surface area contributed by atoms with Gasteiger partial charge in [-0.05, 0) is 30.5 Å². The minimum atomic E-state index is -0.705. The van der Waals surface area contributed by atoms with E-state index >= 15 is 0 Å². The van der Waals surface area contributed by atoms with E-state index in [1.165, 1.54) is 0 Å². The number of hydrogen-bond acceptors (Lipinski definition) is 2. The number of aliphatic hydroxyl groups is 1. The van der Waals surface area contributed by atoms with Crippen LogP contribution in [0.15, 0.2) is 24.3 Å². The third-order valence-corrected chi connectivity index (χ3v) is 2.86. The highest BCUT2D eigenvalue weighted by Gasteiger charge is 2.26. The Morgan fingerprint density at radius 2 is 2.07 bits per heavy atom. The van der Waals surface area contributed by atoms with Gasteiger partial charge in [0.05, 0.1) is 12.7 Å². The molecule has 0 spiro atoms. The lowest BCUT2D eigenvalue weighted by atomic mass is 9.87. The van der Waals surface area contributed by atoms with Crippen LogP contribution in [0, 0.1) is 0 Å². The molecule has 84 valence electrons. The number of ether oxygens (including phenoxy) is 1. The first-order valence-electron chi connectivity index (χ1n) is 5.53. The van der Waals surface area contributed by atoms with Gasteiger partial charge in [0, 0.05) is 0 Å². The second kappa shape index (κ2) is 5.17. The van der Waals surface area contributed by atoms with Crippen LogP contribution in [0.5, 0.6) is 5.75 Å². The number of rotatable bonds is 5. The van der Waals surface area contributed by atoms with Crippen molar-refractivity contribution in [1.29, 1.82) is 0 Å². The van der Waals surface area contributed by atoms with E-state index in [-0.39, 0.29) is 0 Å². The van der Waals surface area contributed by atoms with E-state index < -0.39 is 5.60 Å². The lowest BCUT2D eigenvalue weighted by Gasteiger charge is -2.27. The largest absolute Gasteiger partial charge is 0.497 e. The van der Waals surface area contributed by atoms with Crippen LogP contribution in [0.2, 0.25) is 0 Å². The maximum absolute atomic E-state index is 10.5. The minimum absolute atomic E-state index is 0.705. The van der Waals surface area contributed by atoms with Crippen molar-refractivity contribution in [3.63, 3.8) is 0 Å². The predicted molar refractivity (Wildman–Crippen MR) is 62.1 cm³/mol. The summed E-state index contributed by atoms with van der Waals surface area (Å²) in [6, 6.07) is 7.69. The fourth-order valence-corrected chi connectivity index (χ4v) is 1.85. The molecule has 1 rings (SSSR count). The van der Waals surface area contributed by atoms with Gasteiger partial charge < -0.3 is 9.84 Å². The van der Waals surface area contributed by atoms with Gasteiger partial charge >= 0.3 is 0 Å². The summed E-state index contributed by atoms with van der Waals surface area (Å²) < 4.78 is 5.16. The smallest absolute Gasteiger partial charge is 0.119 e. The van der Waals surface area contributed by atoms with Crippen molar-refractivity contribution in [2.24, 2.45) is 0 Å². The normalized spacial score (nSPS) is 14.7. The number of benzene rings is 1. The van der Waals surface area contributed by atoms with Crippen molar-refractivity contribution < 1.29 is 9.84 Å². The van der Waals surface area contributed by atoms with Crippen LogP contribution >= 0.6 is 0 Å². The van der Waals surface area contributed by atoms with Gasteiger partial charge in [0.1, 0.15) is 5.75 Å². The molecule has 0 amide bonds. The summed E-state index contributed by atoms with van der Waals surface area (Å²) in [6.07, 6.45) is 2.49. The van der Waals surface area contributed by atoms with Crippen molar-refractivity contribution in [2.75, 3.05) is 7.11 Å². The van der Waals surface area contributed by atoms with Gasteiger partial charge in [-0.1, -0.05) is 32.4 Å². The van der Waals surface area contributed by atoms with Gasteiger partial charge in [-0.2, -0.15) is 0 Å². The van der Waals surface area contributed by atoms with Crippen LogP contribution in [0.25, 0.3) is 0 Å². The van der Waals surface area contributed by atoms with Gasteiger partial charge in [-0.15, -0.1) is 0 Å². The van der Waals surface area contributed by atoms with Crippen molar-refractivity contribution in [1.82, 2.24) is 0 Å². The van der Waals surface area contributed by atoms with Crippen molar-refractivity contribution in [2.45, 2.75) is 38.7 Å². The van der Waals surface area contributed by atoms with Crippen molar-refractivity contribution in [3.8, 4) is 5.75 Å². The van der Waals surface area contributed by atoms with E-state index in [0.29, 0.717) is 0 Å². The molecule has 1 atom stereocenters. The highest BCUT2D eigenvalue weighted by molar-refractivity contribution is 5.32. The molecule has 0 aliphatic rings. The zero-order valence-corrected chi connectivity index (χ0v) is 9.79. The third kappa shape index (κ3) is 2.72. The molecule has 0 aliphatic carbocycles. The molecular formula is C13H20O2. The van der Waals surface area contributed by atoms with Crippen LogP contribution in [-0.2, 0) is 5.60 Å². The Morgan fingerprint density at radius 3 is 2.60 bits per heavy atom. The lowest BCUT2D eigenvalue weighted by Crippen LogP contribution is -2.24. The fraction of sp³-hybridized carbons (Fsp3) is 0.538. The number of methoxy groups -OCH3 is 1. The Labute approximate surface area is 91.9 Å². The number of hydrogen-bond donors (Lipinski definition) is 1. The zero-order chi connectivity index (χ0) is 11.3. The first-order chi connectivity index (χ1) is 7.16. The molecule has 0 fully saturated rings. The standard InChI is InChI=1S/C13H20O2/c1-4-9-13(14,5-2)11-7-6-8-12(10-11)15-3/h6-8,10,14H,4-5,9H2,1-3H3. The molecule has 0 saturated carbocycles. The molecular weight excluding hydrogens is 188 g/mol. The second-order valence-corrected chi connectivity index (χ2v) is 3.87. The summed E-state index contributed by atoms with van der Waals surface area (Å²) in [4.78, 5) is 0. The summed E-state index contributed by atoms with van der Waals surface area (Å²) >= 11 is 0. The molecule has 0 heterocycles. The molecule has 1 N–H and O–H groups in total. The summed E-state index contributed by atoms with van der Waals surface area (Å²) in [7, 11) is 1.64. The van der Waals surface area contributed by atoms with Crippen LogP contribution in [-0.4, -0.2) is 12.2 Å². The average molecular weight is 208 g/mol. The van der Waals surface area contributed by atoms with Gasteiger partial charge in [-0.3, -0.25) is 0 Å². The average Bonchev–Trinajstić information content (AvgIpc) is 2.29. The molecule has 1 unspecified atom stereocenters. The van der Waals surface area contributed by atoms with Gasteiger partial charge in [0.25, 0.3) is 0 Å². The van der Waals surface area contributed by atoms with Gasteiger partial charge in [0.2, 0.25) is 0 Å². The molecule has 0 bridgehead atoms. The van der Waals surface area contributed by atoms with Crippen molar-refractivity contribution in [3.05, 3.63) is 29.8 Å². The molecule has 15 heavy (non-hydrogen) atoms. The highest BCUT2D eigenvalue weighted by atomic mass is 16.5. The molecule has 2 heteroatoms. The first kappa shape index (κ1) is 12.1. The zero-order valence-electron chi connectivity index (χ0n) is 9.79. The molecule has 0 aliphatic heterocycles. The van der Waals surface area contributed by atoms with E-state index in [2.05, 4.69) is 6.92 Å². The minimum Gasteiger partial charge on any atom is -0.497 e. The molecule has 0 aromatic heterocycles. The third-order valence-electron chi connectivity index (χ3n) is 2.86. The van der Waals surface area contributed by atoms with Gasteiger partial charge in [-0.25, -0.2) is 0 Å². The monoisotopic (exact) mass is 208 g/mol. The Hall–Kier alpha value is -1.02. The van der Waals surface area contributed by atoms with Crippen LogP contribution in [0.1, 0.15) is 38.7 Å². The molecule has 0 saturated heterocycles. The highest BCUT2D eigenvalue weighted by Crippen LogP contribution is 2.31. The van der Waals surface area contributed by atoms with E-state index in [1.807, 2.05) is 31.2 Å². The summed E-state index contributed by atoms with van der Waals surface area (Å²) in [6.45, 7) is 4.09. The lowest BCUT2D eigenvalue weighted by molar-refractivity contribution is 0.0224. The van der Waals surface area contributed by atoms with Crippen LogP contribution < -0.4 is 4.74 Å². The molecule has 0 radical (unpaired) electrons. The SMILES string of the molecule is CCCC(O)(CC)c1cccc(OC)c1. The van der Waals surface area contributed by atoms with Crippen molar-refractivity contribution >= 4 is 0 Å². The maximum atomic E-state index is 10.5. The predicted octanol–water partition coefficient (Wildman–Crippen LogP) is 3.09. The summed E-state index contributed by atoms with van der Waals surface area (Å²) in [5, 5.41) is 10.5. The molecule has 1 aromatic carbocycles. The van der Waals surface area contributed by atoms with E-state index in [4.69, 9.17) is 4.74 Å². The van der Waals surface area contributed by atoms with Crippen LogP contribution in [0.3, 0.4) is 0 Å². The Balaban J connectivity index is 3.00.